The summed E-state index contributed by atoms with van der Waals surface area (Å²) in [6.07, 6.45) is -0.484. The van der Waals surface area contributed by atoms with Crippen LogP contribution in [0.2, 0.25) is 0 Å². The van der Waals surface area contributed by atoms with Gasteiger partial charge in [-0.15, -0.1) is 0 Å². The summed E-state index contributed by atoms with van der Waals surface area (Å²) in [7, 11) is 1.61. The van der Waals surface area contributed by atoms with Crippen LogP contribution in [0.15, 0.2) is 0 Å². The summed E-state index contributed by atoms with van der Waals surface area (Å²) in [5, 5.41) is 0. The number of carbonyl (C=O) groups is 2. The van der Waals surface area contributed by atoms with Gasteiger partial charge in [0.1, 0.15) is 5.54 Å². The molecule has 0 aromatic rings. The predicted octanol–water partition coefficient (Wildman–Crippen LogP) is 1.48. The zero-order valence-corrected chi connectivity index (χ0v) is 15.6. The van der Waals surface area contributed by atoms with E-state index >= 15 is 0 Å². The third-order valence-corrected chi connectivity index (χ3v) is 3.87. The minimum atomic E-state index is -1.11. The fourth-order valence-electron chi connectivity index (χ4n) is 2.15. The molecule has 0 aliphatic carbocycles. The third-order valence-electron chi connectivity index (χ3n) is 3.52. The van der Waals surface area contributed by atoms with Crippen LogP contribution in [0.5, 0.6) is 0 Å². The Balaban J connectivity index is 6.08. The maximum atomic E-state index is 12.3. The predicted molar refractivity (Wildman–Crippen MR) is 77.9 cm³/mol. The minimum Gasteiger partial charge on any atom is -0.513 e. The van der Waals surface area contributed by atoms with E-state index in [0.29, 0.717) is 0 Å². The summed E-state index contributed by atoms with van der Waals surface area (Å²) < 4.78 is 9.93. The van der Waals surface area contributed by atoms with E-state index in [9.17, 15) is 9.59 Å². The quantitative estimate of drug-likeness (QED) is 0.571. The van der Waals surface area contributed by atoms with E-state index in [4.69, 9.17) is 9.16 Å². The van der Waals surface area contributed by atoms with E-state index in [0.717, 1.165) is 0 Å². The second-order valence-corrected chi connectivity index (χ2v) is 7.20. The lowest BCUT2D eigenvalue weighted by molar-refractivity contribution is -0.164. The number of hydrogen-bond donors (Lipinski definition) is 0. The fraction of sp³-hybridized carbons (Fsp3) is 0.846. The Morgan fingerprint density at radius 3 is 1.63 bits per heavy atom. The Morgan fingerprint density at radius 1 is 1.00 bits per heavy atom. The first-order valence-corrected chi connectivity index (χ1v) is 7.12. The van der Waals surface area contributed by atoms with Crippen molar-refractivity contribution in [2.45, 2.75) is 59.5 Å². The van der Waals surface area contributed by atoms with Crippen LogP contribution in [0.4, 0.5) is 4.79 Å². The molecule has 0 unspecified atom stereocenters. The van der Waals surface area contributed by atoms with Gasteiger partial charge in [0, 0.05) is 5.54 Å². The largest absolute Gasteiger partial charge is 0.513 e. The molecule has 0 aliphatic heterocycles. The summed E-state index contributed by atoms with van der Waals surface area (Å²) in [5.41, 5.74) is -2.16. The van der Waals surface area contributed by atoms with Gasteiger partial charge in [-0.25, -0.2) is 9.59 Å². The number of hydrogen-bond acceptors (Lipinski definition) is 4. The molecule has 0 rings (SSSR count). The van der Waals surface area contributed by atoms with Crippen molar-refractivity contribution in [1.82, 2.24) is 4.90 Å². The molecule has 1 amide bonds. The van der Waals surface area contributed by atoms with Gasteiger partial charge in [-0.3, -0.25) is 4.90 Å². The number of methoxy groups -OCH3 is 1. The molecule has 0 aromatic carbocycles. The molecule has 5 nitrogen and oxygen atoms in total. The molecule has 0 spiro atoms. The maximum Gasteiger partial charge on any atom is 0.396 e. The van der Waals surface area contributed by atoms with E-state index in [1.54, 1.807) is 6.92 Å². The standard InChI is InChI=1S/C13H27NO4Si/c1-11(2,3)13(7,9(15)17-8)14(10(16)18-19)12(4,5)6/h1-8,19H3/t13-/m1/s1. The van der Waals surface area contributed by atoms with Crippen molar-refractivity contribution in [2.24, 2.45) is 5.41 Å². The zero-order chi connectivity index (χ0) is 15.6. The second-order valence-electron chi connectivity index (χ2n) is 6.79. The first-order valence-electron chi connectivity index (χ1n) is 6.30. The third kappa shape index (κ3) is 3.29. The van der Waals surface area contributed by atoms with Gasteiger partial charge < -0.3 is 9.16 Å². The van der Waals surface area contributed by atoms with Crippen LogP contribution in [0, 0.1) is 5.41 Å². The summed E-state index contributed by atoms with van der Waals surface area (Å²) in [6.45, 7) is 13.1. The summed E-state index contributed by atoms with van der Waals surface area (Å²) in [6, 6.07) is 0. The molecule has 0 aromatic heterocycles. The van der Waals surface area contributed by atoms with Gasteiger partial charge in [0.15, 0.2) is 0 Å². The van der Waals surface area contributed by atoms with Crippen molar-refractivity contribution in [3.8, 4) is 0 Å². The number of nitrogens with zero attached hydrogens (tertiary/aromatic N) is 1. The van der Waals surface area contributed by atoms with Gasteiger partial charge in [0.05, 0.1) is 7.11 Å². The molecule has 6 heteroatoms. The van der Waals surface area contributed by atoms with Crippen molar-refractivity contribution in [2.75, 3.05) is 7.11 Å². The Hall–Kier alpha value is -1.04. The molecular weight excluding hydrogens is 262 g/mol. The van der Waals surface area contributed by atoms with Crippen LogP contribution >= 0.6 is 0 Å². The minimum absolute atomic E-state index is 0.279. The Morgan fingerprint density at radius 2 is 1.42 bits per heavy atom. The summed E-state index contributed by atoms with van der Waals surface area (Å²) in [5.74, 6) is -0.443. The number of amides is 1. The highest BCUT2D eigenvalue weighted by Crippen LogP contribution is 2.40. The maximum absolute atomic E-state index is 12.3. The summed E-state index contributed by atoms with van der Waals surface area (Å²) >= 11 is 0. The van der Waals surface area contributed by atoms with E-state index in [-0.39, 0.29) is 10.5 Å². The molecule has 112 valence electrons. The normalized spacial score (nSPS) is 15.6. The van der Waals surface area contributed by atoms with E-state index in [1.807, 2.05) is 41.5 Å². The lowest BCUT2D eigenvalue weighted by atomic mass is 9.72. The number of carbonyl (C=O) groups excluding carboxylic acids is 2. The molecule has 0 heterocycles. The van der Waals surface area contributed by atoms with Crippen molar-refractivity contribution in [1.29, 1.82) is 0 Å². The highest BCUT2D eigenvalue weighted by molar-refractivity contribution is 6.05. The lowest BCUT2D eigenvalue weighted by Gasteiger charge is -2.52. The van der Waals surface area contributed by atoms with Crippen LogP contribution < -0.4 is 0 Å². The second kappa shape index (κ2) is 5.52. The van der Waals surface area contributed by atoms with Gasteiger partial charge in [-0.05, 0) is 33.1 Å². The Kier molecular flexibility index (Phi) is 5.22. The summed E-state index contributed by atoms with van der Waals surface area (Å²) in [4.78, 5) is 26.0. The monoisotopic (exact) mass is 289 g/mol. The van der Waals surface area contributed by atoms with Gasteiger partial charge in [-0.2, -0.15) is 0 Å². The van der Waals surface area contributed by atoms with Crippen LogP contribution in [0.1, 0.15) is 48.5 Å². The van der Waals surface area contributed by atoms with Crippen LogP contribution in [0.25, 0.3) is 0 Å². The van der Waals surface area contributed by atoms with Crippen molar-refractivity contribution in [3.05, 3.63) is 0 Å². The Bertz CT molecular complexity index is 357. The first kappa shape index (κ1) is 18.0. The SMILES string of the molecule is COC(=O)[C@@](C)(N(C(=O)O[SiH3])C(C)(C)C)C(C)(C)C. The van der Waals surface area contributed by atoms with Crippen LogP contribution in [-0.2, 0) is 14.0 Å². The number of ether oxygens (including phenoxy) is 1. The molecule has 0 bridgehead atoms. The van der Waals surface area contributed by atoms with E-state index < -0.39 is 28.6 Å². The average Bonchev–Trinajstić information content (AvgIpc) is 2.23. The van der Waals surface area contributed by atoms with E-state index in [1.165, 1.54) is 12.0 Å². The topological polar surface area (TPSA) is 55.8 Å². The van der Waals surface area contributed by atoms with Crippen LogP contribution in [0.3, 0.4) is 0 Å². The van der Waals surface area contributed by atoms with Gasteiger partial charge >= 0.3 is 12.1 Å². The highest BCUT2D eigenvalue weighted by atomic mass is 28.2. The molecule has 0 fully saturated rings. The van der Waals surface area contributed by atoms with Gasteiger partial charge in [-0.1, -0.05) is 20.8 Å². The van der Waals surface area contributed by atoms with Crippen molar-refractivity contribution < 1.29 is 18.8 Å². The first-order chi connectivity index (χ1) is 8.33. The molecule has 0 saturated carbocycles. The smallest absolute Gasteiger partial charge is 0.396 e. The van der Waals surface area contributed by atoms with Gasteiger partial charge in [0.25, 0.3) is 0 Å². The molecule has 19 heavy (non-hydrogen) atoms. The molecule has 0 saturated heterocycles. The molecule has 0 radical (unpaired) electrons. The van der Waals surface area contributed by atoms with E-state index in [2.05, 4.69) is 0 Å². The molecular formula is C13H27NO4Si. The lowest BCUT2D eigenvalue weighted by Crippen LogP contribution is -2.67. The van der Waals surface area contributed by atoms with Crippen molar-refractivity contribution in [3.63, 3.8) is 0 Å². The average molecular weight is 289 g/mol. The fourth-order valence-corrected chi connectivity index (χ4v) is 2.33. The number of esters is 1. The molecule has 1 atom stereocenters. The molecule has 0 aliphatic rings. The van der Waals surface area contributed by atoms with Crippen LogP contribution in [-0.4, -0.2) is 45.6 Å². The Labute approximate surface area is 119 Å². The number of rotatable bonds is 2. The molecule has 0 N–H and O–H groups in total. The van der Waals surface area contributed by atoms with Gasteiger partial charge in [0.2, 0.25) is 10.5 Å². The van der Waals surface area contributed by atoms with Crippen molar-refractivity contribution >= 4 is 22.5 Å². The highest BCUT2D eigenvalue weighted by Gasteiger charge is 2.55. The zero-order valence-electron chi connectivity index (χ0n) is 13.6.